The molecule has 1 aliphatic rings. The molecule has 0 atom stereocenters. The minimum Gasteiger partial charge on any atom is -0.481 e. The van der Waals surface area contributed by atoms with Crippen LogP contribution in [0.15, 0.2) is 0 Å². The van der Waals surface area contributed by atoms with Crippen LogP contribution >= 0.6 is 0 Å². The Hall–Kier alpha value is -1.10. The Morgan fingerprint density at radius 1 is 1.12 bits per heavy atom. The molecule has 17 heavy (non-hydrogen) atoms. The summed E-state index contributed by atoms with van der Waals surface area (Å²) in [4.78, 5) is 26.3. The molecule has 0 saturated carbocycles. The monoisotopic (exact) mass is 242 g/mol. The van der Waals surface area contributed by atoms with Gasteiger partial charge >= 0.3 is 5.97 Å². The van der Waals surface area contributed by atoms with Crippen LogP contribution in [-0.2, 0) is 9.59 Å². The van der Waals surface area contributed by atoms with Gasteiger partial charge < -0.3 is 10.0 Å². The third kappa shape index (κ3) is 4.73. The first kappa shape index (κ1) is 14.0. The Kier molecular flexibility index (Phi) is 5.41. The van der Waals surface area contributed by atoms with E-state index in [4.69, 9.17) is 5.11 Å². The van der Waals surface area contributed by atoms with Crippen LogP contribution in [0.2, 0.25) is 0 Å². The van der Waals surface area contributed by atoms with Gasteiger partial charge in [0.1, 0.15) is 0 Å². The smallest absolute Gasteiger partial charge is 0.303 e. The van der Waals surface area contributed by atoms with Gasteiger partial charge in [-0.05, 0) is 20.3 Å². The lowest BCUT2D eigenvalue weighted by Gasteiger charge is -2.37. The molecular formula is C12H22N2O3. The lowest BCUT2D eigenvalue weighted by Crippen LogP contribution is -2.50. The molecule has 0 unspecified atom stereocenters. The Bertz CT molecular complexity index is 271. The topological polar surface area (TPSA) is 60.9 Å². The van der Waals surface area contributed by atoms with Crippen molar-refractivity contribution in [1.82, 2.24) is 9.80 Å². The quantitative estimate of drug-likeness (QED) is 0.774. The highest BCUT2D eigenvalue weighted by Crippen LogP contribution is 2.08. The number of aliphatic carboxylic acids is 1. The summed E-state index contributed by atoms with van der Waals surface area (Å²) in [6.07, 6.45) is 0.879. The second kappa shape index (κ2) is 6.59. The van der Waals surface area contributed by atoms with Gasteiger partial charge in [0.05, 0.1) is 0 Å². The largest absolute Gasteiger partial charge is 0.481 e. The predicted molar refractivity (Wildman–Crippen MR) is 64.8 cm³/mol. The van der Waals surface area contributed by atoms with E-state index in [1.807, 2.05) is 4.90 Å². The van der Waals surface area contributed by atoms with Crippen molar-refractivity contribution in [2.45, 2.75) is 39.2 Å². The number of piperazine rings is 1. The van der Waals surface area contributed by atoms with Crippen molar-refractivity contribution < 1.29 is 14.7 Å². The number of nitrogens with zero attached hydrogens (tertiary/aromatic N) is 2. The Morgan fingerprint density at radius 3 is 2.18 bits per heavy atom. The number of carbonyl (C=O) groups is 2. The van der Waals surface area contributed by atoms with Gasteiger partial charge in [0.15, 0.2) is 0 Å². The van der Waals surface area contributed by atoms with E-state index in [1.54, 1.807) is 0 Å². The van der Waals surface area contributed by atoms with Crippen LogP contribution in [0.4, 0.5) is 0 Å². The van der Waals surface area contributed by atoms with Gasteiger partial charge in [-0.15, -0.1) is 0 Å². The van der Waals surface area contributed by atoms with Crippen LogP contribution < -0.4 is 0 Å². The molecule has 1 aliphatic heterocycles. The molecule has 1 fully saturated rings. The number of hydrogen-bond donors (Lipinski definition) is 1. The minimum absolute atomic E-state index is 0.0811. The van der Waals surface area contributed by atoms with E-state index in [1.165, 1.54) is 0 Å². The molecular weight excluding hydrogens is 220 g/mol. The van der Waals surface area contributed by atoms with Crippen molar-refractivity contribution >= 4 is 11.9 Å². The van der Waals surface area contributed by atoms with Crippen LogP contribution in [0.25, 0.3) is 0 Å². The molecule has 0 aliphatic carbocycles. The molecule has 1 amide bonds. The molecule has 0 aromatic carbocycles. The van der Waals surface area contributed by atoms with Crippen molar-refractivity contribution in [2.24, 2.45) is 0 Å². The molecule has 5 nitrogen and oxygen atoms in total. The zero-order chi connectivity index (χ0) is 12.8. The van der Waals surface area contributed by atoms with Gasteiger partial charge in [0, 0.05) is 45.1 Å². The predicted octanol–water partition coefficient (Wildman–Crippen LogP) is 0.794. The molecule has 1 N–H and O–H groups in total. The van der Waals surface area contributed by atoms with Crippen LogP contribution in [-0.4, -0.2) is 59.0 Å². The Morgan fingerprint density at radius 2 is 1.71 bits per heavy atom. The Labute approximate surface area is 102 Å². The first-order chi connectivity index (χ1) is 8.00. The third-order valence-corrected chi connectivity index (χ3v) is 3.18. The van der Waals surface area contributed by atoms with Crippen LogP contribution in [0, 0.1) is 0 Å². The first-order valence-electron chi connectivity index (χ1n) is 6.24. The molecule has 0 bridgehead atoms. The molecule has 0 aromatic rings. The number of carboxylic acids is 1. The zero-order valence-electron chi connectivity index (χ0n) is 10.7. The van der Waals surface area contributed by atoms with Crippen molar-refractivity contribution in [2.75, 3.05) is 26.2 Å². The first-order valence-corrected chi connectivity index (χ1v) is 6.24. The van der Waals surface area contributed by atoms with Crippen molar-refractivity contribution in [1.29, 1.82) is 0 Å². The summed E-state index contributed by atoms with van der Waals surface area (Å²) in [6, 6.07) is 0.527. The minimum atomic E-state index is -0.831. The summed E-state index contributed by atoms with van der Waals surface area (Å²) >= 11 is 0. The maximum absolute atomic E-state index is 11.8. The summed E-state index contributed by atoms with van der Waals surface area (Å²) in [5, 5.41) is 8.50. The van der Waals surface area contributed by atoms with Crippen LogP contribution in [0.1, 0.15) is 33.1 Å². The SMILES string of the molecule is CC(C)N1CCN(C(=O)CCCC(=O)O)CC1. The van der Waals surface area contributed by atoms with Crippen molar-refractivity contribution in [3.63, 3.8) is 0 Å². The maximum atomic E-state index is 11.8. The van der Waals surface area contributed by atoms with Gasteiger partial charge in [-0.3, -0.25) is 14.5 Å². The highest BCUT2D eigenvalue weighted by molar-refractivity contribution is 5.77. The average Bonchev–Trinajstić information content (AvgIpc) is 2.28. The van der Waals surface area contributed by atoms with Gasteiger partial charge in [-0.25, -0.2) is 0 Å². The number of amides is 1. The van der Waals surface area contributed by atoms with Crippen molar-refractivity contribution in [3.05, 3.63) is 0 Å². The fraction of sp³-hybridized carbons (Fsp3) is 0.833. The standard InChI is InChI=1S/C12H22N2O3/c1-10(2)13-6-8-14(9-7-13)11(15)4-3-5-12(16)17/h10H,3-9H2,1-2H3,(H,16,17). The molecule has 1 rings (SSSR count). The zero-order valence-corrected chi connectivity index (χ0v) is 10.7. The van der Waals surface area contributed by atoms with E-state index < -0.39 is 5.97 Å². The van der Waals surface area contributed by atoms with E-state index in [9.17, 15) is 9.59 Å². The van der Waals surface area contributed by atoms with Gasteiger partial charge in [-0.1, -0.05) is 0 Å². The fourth-order valence-corrected chi connectivity index (χ4v) is 2.04. The normalized spacial score (nSPS) is 17.5. The van der Waals surface area contributed by atoms with E-state index in [2.05, 4.69) is 18.7 Å². The van der Waals surface area contributed by atoms with Gasteiger partial charge in [0.25, 0.3) is 0 Å². The number of carbonyl (C=O) groups excluding carboxylic acids is 1. The molecule has 0 radical (unpaired) electrons. The highest BCUT2D eigenvalue weighted by Gasteiger charge is 2.21. The van der Waals surface area contributed by atoms with E-state index in [0.717, 1.165) is 26.2 Å². The van der Waals surface area contributed by atoms with Crippen LogP contribution in [0.3, 0.4) is 0 Å². The fourth-order valence-electron chi connectivity index (χ4n) is 2.04. The summed E-state index contributed by atoms with van der Waals surface area (Å²) in [5.74, 6) is -0.739. The molecule has 98 valence electrons. The molecule has 1 saturated heterocycles. The summed E-state index contributed by atoms with van der Waals surface area (Å²) < 4.78 is 0. The average molecular weight is 242 g/mol. The van der Waals surface area contributed by atoms with Crippen molar-refractivity contribution in [3.8, 4) is 0 Å². The summed E-state index contributed by atoms with van der Waals surface area (Å²) in [7, 11) is 0. The number of hydrogen-bond acceptors (Lipinski definition) is 3. The Balaban J connectivity index is 2.24. The lowest BCUT2D eigenvalue weighted by molar-refractivity contribution is -0.137. The highest BCUT2D eigenvalue weighted by atomic mass is 16.4. The maximum Gasteiger partial charge on any atom is 0.303 e. The second-order valence-corrected chi connectivity index (χ2v) is 4.76. The van der Waals surface area contributed by atoms with Crippen LogP contribution in [0.5, 0.6) is 0 Å². The number of carboxylic acid groups (broad SMARTS) is 1. The summed E-state index contributed by atoms with van der Waals surface area (Å²) in [5.41, 5.74) is 0. The lowest BCUT2D eigenvalue weighted by atomic mass is 10.2. The van der Waals surface area contributed by atoms with Gasteiger partial charge in [-0.2, -0.15) is 0 Å². The van der Waals surface area contributed by atoms with E-state index in [-0.39, 0.29) is 12.3 Å². The number of rotatable bonds is 5. The molecule has 0 spiro atoms. The van der Waals surface area contributed by atoms with E-state index in [0.29, 0.717) is 18.9 Å². The molecule has 0 aromatic heterocycles. The molecule has 1 heterocycles. The molecule has 5 heteroatoms. The van der Waals surface area contributed by atoms with E-state index >= 15 is 0 Å². The summed E-state index contributed by atoms with van der Waals surface area (Å²) in [6.45, 7) is 7.69. The second-order valence-electron chi connectivity index (χ2n) is 4.76. The van der Waals surface area contributed by atoms with Gasteiger partial charge in [0.2, 0.25) is 5.91 Å². The third-order valence-electron chi connectivity index (χ3n) is 3.18.